The summed E-state index contributed by atoms with van der Waals surface area (Å²) >= 11 is 0. The molecule has 0 aliphatic carbocycles. The van der Waals surface area contributed by atoms with E-state index in [-0.39, 0.29) is 12.0 Å². The van der Waals surface area contributed by atoms with Gasteiger partial charge in [-0.05, 0) is 71.0 Å². The summed E-state index contributed by atoms with van der Waals surface area (Å²) in [5, 5.41) is 14.5. The van der Waals surface area contributed by atoms with E-state index in [0.717, 1.165) is 37.4 Å². The number of anilines is 1. The molecule has 0 spiro atoms. The fourth-order valence-electron chi connectivity index (χ4n) is 3.03. The van der Waals surface area contributed by atoms with Gasteiger partial charge < -0.3 is 15.4 Å². The molecule has 3 rings (SSSR count). The second-order valence-electron chi connectivity index (χ2n) is 6.59. The maximum Gasteiger partial charge on any atom is 0.278 e. The lowest BCUT2D eigenvalue weighted by Crippen LogP contribution is -2.30. The molecule has 0 saturated carbocycles. The topological polar surface area (TPSA) is 81.1 Å². The number of amides is 1. The minimum atomic E-state index is -0.241. The Morgan fingerprint density at radius 2 is 1.96 bits per heavy atom. The summed E-state index contributed by atoms with van der Waals surface area (Å²) in [4.78, 5) is 12.5. The van der Waals surface area contributed by atoms with Crippen molar-refractivity contribution in [2.75, 3.05) is 18.4 Å². The van der Waals surface area contributed by atoms with Gasteiger partial charge in [-0.15, -0.1) is 5.10 Å². The zero-order valence-electron chi connectivity index (χ0n) is 15.0. The molecule has 2 heterocycles. The quantitative estimate of drug-likeness (QED) is 0.872. The van der Waals surface area contributed by atoms with E-state index in [1.165, 1.54) is 0 Å². The van der Waals surface area contributed by atoms with Crippen molar-refractivity contribution in [3.8, 4) is 5.75 Å². The first kappa shape index (κ1) is 17.4. The Morgan fingerprint density at radius 1 is 1.28 bits per heavy atom. The fraction of sp³-hybridized carbons (Fsp3) is 0.500. The van der Waals surface area contributed by atoms with E-state index < -0.39 is 0 Å². The van der Waals surface area contributed by atoms with Crippen molar-refractivity contribution in [2.24, 2.45) is 0 Å². The first-order valence-electron chi connectivity index (χ1n) is 8.75. The molecule has 0 unspecified atom stereocenters. The summed E-state index contributed by atoms with van der Waals surface area (Å²) in [6.45, 7) is 7.79. The Kier molecular flexibility index (Phi) is 5.33. The van der Waals surface area contributed by atoms with Gasteiger partial charge in [0.25, 0.3) is 5.91 Å². The van der Waals surface area contributed by atoms with E-state index in [4.69, 9.17) is 4.74 Å². The Bertz CT molecular complexity index is 718. The van der Waals surface area contributed by atoms with Gasteiger partial charge in [0, 0.05) is 5.69 Å². The van der Waals surface area contributed by atoms with Crippen molar-refractivity contribution in [2.45, 2.75) is 45.8 Å². The number of carbonyl (C=O) groups excluding carboxylic acids is 1. The van der Waals surface area contributed by atoms with Gasteiger partial charge in [0.15, 0.2) is 5.69 Å². The number of rotatable bonds is 5. The van der Waals surface area contributed by atoms with Crippen molar-refractivity contribution in [3.05, 3.63) is 35.7 Å². The lowest BCUT2D eigenvalue weighted by Gasteiger charge is -2.23. The number of hydrogen-bond acceptors (Lipinski definition) is 5. The van der Waals surface area contributed by atoms with Gasteiger partial charge in [-0.3, -0.25) is 4.79 Å². The second kappa shape index (κ2) is 7.65. The highest BCUT2D eigenvalue weighted by atomic mass is 16.5. The molecule has 7 heteroatoms. The molecule has 1 aromatic carbocycles. The van der Waals surface area contributed by atoms with Crippen LogP contribution in [-0.2, 0) is 0 Å². The SMILES string of the molecule is Cc1c(C(=O)Nc2ccc(OC(C)C)cc2)nnn1C1CCNCC1. The lowest BCUT2D eigenvalue weighted by atomic mass is 10.1. The van der Waals surface area contributed by atoms with E-state index in [1.807, 2.05) is 49.7 Å². The lowest BCUT2D eigenvalue weighted by molar-refractivity contribution is 0.102. The van der Waals surface area contributed by atoms with Crippen LogP contribution in [0.1, 0.15) is 48.9 Å². The van der Waals surface area contributed by atoms with Crippen LogP contribution in [0.2, 0.25) is 0 Å². The van der Waals surface area contributed by atoms with Crippen molar-refractivity contribution in [1.82, 2.24) is 20.3 Å². The van der Waals surface area contributed by atoms with Gasteiger partial charge in [0.05, 0.1) is 17.8 Å². The van der Waals surface area contributed by atoms with Crippen LogP contribution in [0.5, 0.6) is 5.75 Å². The maximum absolute atomic E-state index is 12.5. The van der Waals surface area contributed by atoms with Crippen LogP contribution in [0.15, 0.2) is 24.3 Å². The van der Waals surface area contributed by atoms with Crippen LogP contribution in [-0.4, -0.2) is 40.1 Å². The fourth-order valence-corrected chi connectivity index (χ4v) is 3.03. The zero-order valence-corrected chi connectivity index (χ0v) is 15.0. The Morgan fingerprint density at radius 3 is 2.60 bits per heavy atom. The molecule has 2 N–H and O–H groups in total. The third kappa shape index (κ3) is 4.17. The van der Waals surface area contributed by atoms with Crippen LogP contribution in [0.4, 0.5) is 5.69 Å². The number of nitrogens with one attached hydrogen (secondary N) is 2. The standard InChI is InChI=1S/C18H25N5O2/c1-12(2)25-16-6-4-14(5-7-16)20-18(24)17-13(3)23(22-21-17)15-8-10-19-11-9-15/h4-7,12,15,19H,8-11H2,1-3H3,(H,20,24). The van der Waals surface area contributed by atoms with E-state index >= 15 is 0 Å². The number of benzene rings is 1. The average molecular weight is 343 g/mol. The van der Waals surface area contributed by atoms with Crippen LogP contribution >= 0.6 is 0 Å². The molecule has 1 aliphatic rings. The average Bonchev–Trinajstić information content (AvgIpc) is 2.98. The normalized spacial score (nSPS) is 15.4. The molecule has 0 radical (unpaired) electrons. The number of ether oxygens (including phenoxy) is 1. The van der Waals surface area contributed by atoms with E-state index in [1.54, 1.807) is 0 Å². The number of nitrogens with zero attached hydrogens (tertiary/aromatic N) is 3. The Hall–Kier alpha value is -2.41. The molecule has 1 saturated heterocycles. The maximum atomic E-state index is 12.5. The molecule has 0 bridgehead atoms. The smallest absolute Gasteiger partial charge is 0.278 e. The largest absolute Gasteiger partial charge is 0.491 e. The van der Waals surface area contributed by atoms with E-state index in [0.29, 0.717) is 17.4 Å². The molecule has 1 aliphatic heterocycles. The predicted molar refractivity (Wildman–Crippen MR) is 96.1 cm³/mol. The first-order chi connectivity index (χ1) is 12.0. The summed E-state index contributed by atoms with van der Waals surface area (Å²) in [7, 11) is 0. The Balaban J connectivity index is 1.68. The first-order valence-corrected chi connectivity index (χ1v) is 8.75. The molecular formula is C18H25N5O2. The van der Waals surface area contributed by atoms with Crippen LogP contribution in [0, 0.1) is 6.92 Å². The van der Waals surface area contributed by atoms with Crippen molar-refractivity contribution in [1.29, 1.82) is 0 Å². The summed E-state index contributed by atoms with van der Waals surface area (Å²) in [6, 6.07) is 7.63. The molecule has 25 heavy (non-hydrogen) atoms. The van der Waals surface area contributed by atoms with Gasteiger partial charge in [-0.1, -0.05) is 5.21 Å². The summed E-state index contributed by atoms with van der Waals surface area (Å²) < 4.78 is 7.49. The monoisotopic (exact) mass is 343 g/mol. The van der Waals surface area contributed by atoms with Gasteiger partial charge in [0.2, 0.25) is 0 Å². The molecule has 1 aromatic heterocycles. The van der Waals surface area contributed by atoms with E-state index in [9.17, 15) is 4.79 Å². The third-order valence-electron chi connectivity index (χ3n) is 4.28. The predicted octanol–water partition coefficient (Wildman–Crippen LogP) is 2.55. The van der Waals surface area contributed by atoms with Crippen LogP contribution < -0.4 is 15.4 Å². The number of carbonyl (C=O) groups is 1. The van der Waals surface area contributed by atoms with Gasteiger partial charge in [-0.25, -0.2) is 4.68 Å². The molecule has 1 fully saturated rings. The minimum Gasteiger partial charge on any atom is -0.491 e. The molecule has 2 aromatic rings. The summed E-state index contributed by atoms with van der Waals surface area (Å²) in [5.74, 6) is 0.538. The van der Waals surface area contributed by atoms with Gasteiger partial charge in [0.1, 0.15) is 5.75 Å². The minimum absolute atomic E-state index is 0.119. The zero-order chi connectivity index (χ0) is 17.8. The number of aromatic nitrogens is 3. The van der Waals surface area contributed by atoms with Gasteiger partial charge >= 0.3 is 0 Å². The van der Waals surface area contributed by atoms with E-state index in [2.05, 4.69) is 20.9 Å². The molecule has 0 atom stereocenters. The molecule has 7 nitrogen and oxygen atoms in total. The highest BCUT2D eigenvalue weighted by Gasteiger charge is 2.22. The Labute approximate surface area is 147 Å². The second-order valence-corrected chi connectivity index (χ2v) is 6.59. The highest BCUT2D eigenvalue weighted by Crippen LogP contribution is 2.21. The number of piperidine rings is 1. The highest BCUT2D eigenvalue weighted by molar-refractivity contribution is 6.03. The van der Waals surface area contributed by atoms with Crippen molar-refractivity contribution in [3.63, 3.8) is 0 Å². The summed E-state index contributed by atoms with van der Waals surface area (Å²) in [5.41, 5.74) is 1.89. The third-order valence-corrected chi connectivity index (χ3v) is 4.28. The molecule has 1 amide bonds. The number of hydrogen-bond donors (Lipinski definition) is 2. The molecule has 134 valence electrons. The van der Waals surface area contributed by atoms with Crippen molar-refractivity contribution >= 4 is 11.6 Å². The summed E-state index contributed by atoms with van der Waals surface area (Å²) in [6.07, 6.45) is 2.12. The van der Waals surface area contributed by atoms with Crippen molar-refractivity contribution < 1.29 is 9.53 Å². The van der Waals surface area contributed by atoms with Crippen LogP contribution in [0.3, 0.4) is 0 Å². The molecular weight excluding hydrogens is 318 g/mol. The van der Waals surface area contributed by atoms with Crippen LogP contribution in [0.25, 0.3) is 0 Å². The van der Waals surface area contributed by atoms with Gasteiger partial charge in [-0.2, -0.15) is 0 Å².